The van der Waals surface area contributed by atoms with E-state index in [1.165, 1.54) is 36.4 Å². The van der Waals surface area contributed by atoms with Gasteiger partial charge in [-0.3, -0.25) is 9.59 Å². The average molecular weight is 711 g/mol. The van der Waals surface area contributed by atoms with E-state index in [1.54, 1.807) is 26.8 Å². The smallest absolute Gasteiger partial charge is 0.200 e. The Morgan fingerprint density at radius 2 is 1.40 bits per heavy atom. The number of hydrogen-bond donors (Lipinski definition) is 9. The van der Waals surface area contributed by atoms with E-state index in [2.05, 4.69) is 0 Å². The Kier molecular flexibility index (Phi) is 9.06. The highest BCUT2D eigenvalue weighted by Gasteiger charge is 2.44. The second kappa shape index (κ2) is 13.2. The van der Waals surface area contributed by atoms with E-state index >= 15 is 0 Å². The number of aliphatic hydroxyl groups is 1. The predicted octanol–water partition coefficient (Wildman–Crippen LogP) is 6.52. The largest absolute Gasteiger partial charge is 0.508 e. The molecule has 9 N–H and O–H groups in total. The summed E-state index contributed by atoms with van der Waals surface area (Å²) in [7, 11) is 0. The maximum Gasteiger partial charge on any atom is 0.200 e. The van der Waals surface area contributed by atoms with Gasteiger partial charge in [0.1, 0.15) is 62.7 Å². The molecule has 0 radical (unpaired) electrons. The number of carbonyl (C=O) groups is 1. The molecular weight excluding hydrogens is 672 g/mol. The summed E-state index contributed by atoms with van der Waals surface area (Å²) in [6.07, 6.45) is 1.88. The minimum absolute atomic E-state index is 0.0137. The average Bonchev–Trinajstić information content (AvgIpc) is 3.03. The van der Waals surface area contributed by atoms with Crippen molar-refractivity contribution in [3.05, 3.63) is 105 Å². The van der Waals surface area contributed by atoms with Crippen molar-refractivity contribution in [3.8, 4) is 57.3 Å². The normalized spacial score (nSPS) is 17.6. The van der Waals surface area contributed by atoms with E-state index in [-0.39, 0.29) is 86.8 Å². The third kappa shape index (κ3) is 6.56. The third-order valence-electron chi connectivity index (χ3n) is 9.59. The summed E-state index contributed by atoms with van der Waals surface area (Å²) < 4.78 is 6.43. The van der Waals surface area contributed by atoms with Crippen molar-refractivity contribution in [2.75, 3.05) is 0 Å². The zero-order valence-electron chi connectivity index (χ0n) is 28.5. The molecule has 0 aliphatic heterocycles. The van der Waals surface area contributed by atoms with Crippen molar-refractivity contribution in [3.63, 3.8) is 0 Å². The molecule has 0 saturated heterocycles. The summed E-state index contributed by atoms with van der Waals surface area (Å²) in [6.45, 7) is 4.86. The van der Waals surface area contributed by atoms with Crippen LogP contribution in [-0.2, 0) is 6.42 Å². The minimum Gasteiger partial charge on any atom is -0.508 e. The number of benzene rings is 4. The molecular formula is C40H38O12. The van der Waals surface area contributed by atoms with Gasteiger partial charge in [-0.2, -0.15) is 0 Å². The van der Waals surface area contributed by atoms with Crippen LogP contribution in [0.15, 0.2) is 81.5 Å². The van der Waals surface area contributed by atoms with Gasteiger partial charge in [0, 0.05) is 53.1 Å². The Morgan fingerprint density at radius 3 is 2.02 bits per heavy atom. The van der Waals surface area contributed by atoms with Crippen LogP contribution in [0.5, 0.6) is 46.0 Å². The van der Waals surface area contributed by atoms with Crippen LogP contribution < -0.4 is 5.43 Å². The van der Waals surface area contributed by atoms with Crippen LogP contribution in [0, 0.1) is 5.92 Å². The van der Waals surface area contributed by atoms with Gasteiger partial charge in [-0.05, 0) is 75.9 Å². The predicted molar refractivity (Wildman–Crippen MR) is 190 cm³/mol. The van der Waals surface area contributed by atoms with Crippen LogP contribution in [0.25, 0.3) is 22.3 Å². The first-order chi connectivity index (χ1) is 24.4. The van der Waals surface area contributed by atoms with Gasteiger partial charge in [0.15, 0.2) is 11.2 Å². The van der Waals surface area contributed by atoms with Crippen LogP contribution in [0.2, 0.25) is 0 Å². The first kappa shape index (κ1) is 35.7. The molecule has 0 spiro atoms. The van der Waals surface area contributed by atoms with Crippen LogP contribution in [0.3, 0.4) is 0 Å². The lowest BCUT2D eigenvalue weighted by atomic mass is 9.65. The molecule has 270 valence electrons. The fourth-order valence-electron chi connectivity index (χ4n) is 7.17. The molecule has 12 nitrogen and oxygen atoms in total. The minimum atomic E-state index is -1.24. The van der Waals surface area contributed by atoms with Crippen molar-refractivity contribution in [1.29, 1.82) is 0 Å². The molecule has 3 atom stereocenters. The highest BCUT2D eigenvalue weighted by Crippen LogP contribution is 2.53. The fourth-order valence-corrected chi connectivity index (χ4v) is 7.17. The van der Waals surface area contributed by atoms with E-state index in [9.17, 15) is 55.5 Å². The summed E-state index contributed by atoms with van der Waals surface area (Å²) in [5, 5.41) is 95.8. The van der Waals surface area contributed by atoms with Crippen LogP contribution in [0.1, 0.15) is 72.5 Å². The summed E-state index contributed by atoms with van der Waals surface area (Å²) >= 11 is 0. The molecule has 1 aliphatic rings. The number of hydrogen-bond acceptors (Lipinski definition) is 12. The van der Waals surface area contributed by atoms with E-state index < -0.39 is 57.6 Å². The molecule has 4 aromatic carbocycles. The summed E-state index contributed by atoms with van der Waals surface area (Å²) in [5.41, 5.74) is -1.66. The Morgan fingerprint density at radius 1 is 0.788 bits per heavy atom. The van der Waals surface area contributed by atoms with Gasteiger partial charge in [-0.1, -0.05) is 17.7 Å². The molecule has 1 heterocycles. The molecule has 12 heteroatoms. The molecule has 1 aromatic heterocycles. The number of rotatable bonds is 8. The topological polar surface area (TPSA) is 229 Å². The van der Waals surface area contributed by atoms with Crippen molar-refractivity contribution < 1.29 is 55.2 Å². The van der Waals surface area contributed by atoms with Gasteiger partial charge < -0.3 is 50.4 Å². The molecule has 6 rings (SSSR count). The van der Waals surface area contributed by atoms with Crippen molar-refractivity contribution in [2.45, 2.75) is 57.5 Å². The Labute approximate surface area is 297 Å². The number of ketones is 1. The Balaban J connectivity index is 1.69. The van der Waals surface area contributed by atoms with Crippen molar-refractivity contribution in [1.82, 2.24) is 0 Å². The molecule has 52 heavy (non-hydrogen) atoms. The van der Waals surface area contributed by atoms with Gasteiger partial charge in [0.25, 0.3) is 0 Å². The molecule has 5 aromatic rings. The Bertz CT molecular complexity index is 2330. The quantitative estimate of drug-likeness (QED) is 0.0619. The van der Waals surface area contributed by atoms with Crippen LogP contribution in [0.4, 0.5) is 0 Å². The van der Waals surface area contributed by atoms with E-state index in [0.717, 1.165) is 24.3 Å². The lowest BCUT2D eigenvalue weighted by molar-refractivity contribution is 0.0713. The summed E-state index contributed by atoms with van der Waals surface area (Å²) in [4.78, 5) is 29.1. The number of phenols is 8. The lowest BCUT2D eigenvalue weighted by Crippen LogP contribution is -2.32. The molecule has 0 bridgehead atoms. The zero-order chi connectivity index (χ0) is 37.8. The van der Waals surface area contributed by atoms with Crippen molar-refractivity contribution in [2.24, 2.45) is 5.92 Å². The number of fused-ring (bicyclic) bond motifs is 1. The number of phenolic OH excluding ortho intramolecular Hbond substituents is 8. The maximum atomic E-state index is 14.7. The van der Waals surface area contributed by atoms with Gasteiger partial charge in [0.2, 0.25) is 0 Å². The second-order valence-electron chi connectivity index (χ2n) is 14.0. The number of Topliss-reactive ketones (excluding diaryl/α,β-unsaturated/α-hetero) is 1. The number of carbonyl (C=O) groups excluding carboxylic acids is 1. The molecule has 0 saturated carbocycles. The van der Waals surface area contributed by atoms with Crippen molar-refractivity contribution >= 4 is 16.8 Å². The van der Waals surface area contributed by atoms with Gasteiger partial charge in [0.05, 0.1) is 16.7 Å². The van der Waals surface area contributed by atoms with Gasteiger partial charge >= 0.3 is 0 Å². The third-order valence-corrected chi connectivity index (χ3v) is 9.59. The lowest BCUT2D eigenvalue weighted by Gasteiger charge is -2.37. The SMILES string of the molecule is CC1=CC(c2c(O)cc(O)c3c(=O)c(CCC(C)(C)O)c(-c4ccc(O)cc4O)oc23)C(C(=O)c2ccc(O)cc2O)C(c2ccc(O)cc2O)C1. The van der Waals surface area contributed by atoms with Gasteiger partial charge in [-0.25, -0.2) is 0 Å². The van der Waals surface area contributed by atoms with Crippen LogP contribution in [-0.4, -0.2) is 57.3 Å². The molecule has 0 amide bonds. The molecule has 1 aliphatic carbocycles. The van der Waals surface area contributed by atoms with Gasteiger partial charge in [-0.15, -0.1) is 0 Å². The van der Waals surface area contributed by atoms with E-state index in [1.807, 2.05) is 0 Å². The summed E-state index contributed by atoms with van der Waals surface area (Å²) in [6, 6.07) is 12.0. The van der Waals surface area contributed by atoms with E-state index in [4.69, 9.17) is 4.42 Å². The van der Waals surface area contributed by atoms with E-state index in [0.29, 0.717) is 5.57 Å². The number of allylic oxidation sites excluding steroid dienone is 2. The fraction of sp³-hybridized carbons (Fsp3) is 0.250. The number of aromatic hydroxyl groups is 8. The summed E-state index contributed by atoms with van der Waals surface area (Å²) in [5.74, 6) is -7.38. The second-order valence-corrected chi connectivity index (χ2v) is 14.0. The zero-order valence-corrected chi connectivity index (χ0v) is 28.5. The highest BCUT2D eigenvalue weighted by molar-refractivity contribution is 6.02. The standard InChI is InChI=1S/C40H38O12/c1-18-12-26(22-7-4-19(41)14-28(22)44)33(36(49)23-8-5-20(42)15-29(23)45)27(13-18)34-31(47)17-32(48)35-37(50)25(10-11-40(2,3)51)38(52-39(34)35)24-9-6-21(43)16-30(24)46/h4-9,13-17,26-27,33,41-48,51H,10-12H2,1-3H3. The molecule has 0 fully saturated rings. The molecule has 3 unspecified atom stereocenters. The maximum absolute atomic E-state index is 14.7. The monoisotopic (exact) mass is 710 g/mol. The van der Waals surface area contributed by atoms with Crippen LogP contribution >= 0.6 is 0 Å². The highest BCUT2D eigenvalue weighted by atomic mass is 16.3. The first-order valence-electron chi connectivity index (χ1n) is 16.5. The first-order valence-corrected chi connectivity index (χ1v) is 16.5. The Hall–Kier alpha value is -6.14.